The van der Waals surface area contributed by atoms with Crippen molar-refractivity contribution in [3.05, 3.63) is 51.5 Å². The number of rotatable bonds is 2. The Hall–Kier alpha value is -2.06. The van der Waals surface area contributed by atoms with Gasteiger partial charge in [0.1, 0.15) is 0 Å². The first-order valence-corrected chi connectivity index (χ1v) is 7.91. The van der Waals surface area contributed by atoms with E-state index in [1.54, 1.807) is 0 Å². The highest BCUT2D eigenvalue weighted by Crippen LogP contribution is 2.45. The van der Waals surface area contributed by atoms with Gasteiger partial charge < -0.3 is 15.5 Å². The van der Waals surface area contributed by atoms with E-state index in [0.717, 1.165) is 6.07 Å². The number of carboxylic acid groups (broad SMARTS) is 1. The number of aliphatic hydroxyl groups excluding tert-OH is 1. The maximum Gasteiger partial charge on any atom is 0.405 e. The predicted octanol–water partition coefficient (Wildman–Crippen LogP) is 3.34. The molecule has 1 aliphatic rings. The lowest BCUT2D eigenvalue weighted by Crippen LogP contribution is -2.31. The third kappa shape index (κ3) is 2.91. The maximum absolute atomic E-state index is 14.2. The topological polar surface area (TPSA) is 82.5 Å². The fraction of sp³-hybridized carbons (Fsp3) is 0.333. The van der Waals surface area contributed by atoms with Gasteiger partial charge >= 0.3 is 6.09 Å². The molecule has 8 heteroatoms. The second-order valence-electron chi connectivity index (χ2n) is 5.37. The van der Waals surface area contributed by atoms with E-state index in [1.165, 1.54) is 29.0 Å². The van der Waals surface area contributed by atoms with Crippen molar-refractivity contribution in [2.75, 3.05) is 0 Å². The molecule has 1 aliphatic carbocycles. The molecule has 3 rings (SSSR count). The molecule has 0 bridgehead atoms. The highest BCUT2D eigenvalue weighted by molar-refractivity contribution is 7.09. The fourth-order valence-corrected chi connectivity index (χ4v) is 3.97. The van der Waals surface area contributed by atoms with Crippen molar-refractivity contribution in [2.45, 2.75) is 30.9 Å². The Morgan fingerprint density at radius 1 is 1.35 bits per heavy atom. The van der Waals surface area contributed by atoms with Gasteiger partial charge in [0.2, 0.25) is 0 Å². The van der Waals surface area contributed by atoms with Gasteiger partial charge in [0.05, 0.1) is 28.2 Å². The number of amides is 1. The first kappa shape index (κ1) is 15.8. The maximum atomic E-state index is 14.2. The molecule has 1 amide bonds. The van der Waals surface area contributed by atoms with Crippen molar-refractivity contribution in [1.82, 2.24) is 10.3 Å². The number of hydrogen-bond donors (Lipinski definition) is 3. The number of fused-ring (bicyclic) bond motifs is 1. The minimum absolute atomic E-state index is 0.0946. The summed E-state index contributed by atoms with van der Waals surface area (Å²) in [7, 11) is 0. The highest BCUT2D eigenvalue weighted by atomic mass is 32.1. The minimum atomic E-state index is -1.27. The van der Waals surface area contributed by atoms with Crippen LogP contribution in [-0.4, -0.2) is 21.3 Å². The van der Waals surface area contributed by atoms with Gasteiger partial charge in [0, 0.05) is 5.92 Å². The summed E-state index contributed by atoms with van der Waals surface area (Å²) in [5, 5.41) is 21.7. The number of hydrogen-bond acceptors (Lipinski definition) is 4. The van der Waals surface area contributed by atoms with Crippen molar-refractivity contribution in [3.8, 4) is 0 Å². The number of aliphatic hydroxyl groups is 1. The average molecular weight is 340 g/mol. The summed E-state index contributed by atoms with van der Waals surface area (Å²) in [4.78, 5) is 15.8. The van der Waals surface area contributed by atoms with Gasteiger partial charge in [-0.05, 0) is 24.5 Å². The lowest BCUT2D eigenvalue weighted by Gasteiger charge is -2.25. The van der Waals surface area contributed by atoms with Crippen molar-refractivity contribution in [3.63, 3.8) is 0 Å². The minimum Gasteiger partial charge on any atom is -0.465 e. The molecule has 122 valence electrons. The Balaban J connectivity index is 2.11. The molecule has 0 aliphatic heterocycles. The molecule has 1 aromatic heterocycles. The van der Waals surface area contributed by atoms with Crippen LogP contribution in [0.4, 0.5) is 13.6 Å². The van der Waals surface area contributed by atoms with Crippen LogP contribution in [0.3, 0.4) is 0 Å². The smallest absolute Gasteiger partial charge is 0.405 e. The van der Waals surface area contributed by atoms with Crippen LogP contribution in [0, 0.1) is 11.6 Å². The van der Waals surface area contributed by atoms with E-state index in [-0.39, 0.29) is 12.0 Å². The van der Waals surface area contributed by atoms with E-state index in [0.29, 0.717) is 17.0 Å². The molecule has 0 unspecified atom stereocenters. The summed E-state index contributed by atoms with van der Waals surface area (Å²) >= 11 is 1.19. The van der Waals surface area contributed by atoms with Crippen LogP contribution in [0.2, 0.25) is 0 Å². The summed E-state index contributed by atoms with van der Waals surface area (Å²) in [5.74, 6) is -2.60. The third-order valence-corrected chi connectivity index (χ3v) is 4.96. The van der Waals surface area contributed by atoms with Crippen LogP contribution in [0.25, 0.3) is 0 Å². The number of thiazole rings is 1. The Kier molecular flexibility index (Phi) is 4.27. The quantitative estimate of drug-likeness (QED) is 0.732. The van der Waals surface area contributed by atoms with E-state index < -0.39 is 35.8 Å². The summed E-state index contributed by atoms with van der Waals surface area (Å²) in [5.41, 5.74) is 2.00. The number of halogens is 2. The van der Waals surface area contributed by atoms with E-state index in [9.17, 15) is 18.7 Å². The molecule has 3 N–H and O–H groups in total. The van der Waals surface area contributed by atoms with Gasteiger partial charge in [-0.15, -0.1) is 11.3 Å². The highest BCUT2D eigenvalue weighted by Gasteiger charge is 2.36. The van der Waals surface area contributed by atoms with Gasteiger partial charge in [0.15, 0.2) is 11.6 Å². The molecule has 0 fully saturated rings. The second-order valence-corrected chi connectivity index (χ2v) is 6.26. The molecular formula is C15H14F2N2O3S. The summed E-state index contributed by atoms with van der Waals surface area (Å²) < 4.78 is 27.8. The molecule has 5 nitrogen and oxygen atoms in total. The molecule has 1 heterocycles. The van der Waals surface area contributed by atoms with E-state index >= 15 is 0 Å². The number of aromatic nitrogens is 1. The van der Waals surface area contributed by atoms with Crippen LogP contribution in [0.15, 0.2) is 23.7 Å². The molecule has 3 atom stereocenters. The van der Waals surface area contributed by atoms with Crippen LogP contribution < -0.4 is 5.32 Å². The lowest BCUT2D eigenvalue weighted by atomic mass is 9.87. The molecule has 0 saturated heterocycles. The van der Waals surface area contributed by atoms with Gasteiger partial charge in [-0.1, -0.05) is 12.1 Å². The van der Waals surface area contributed by atoms with Crippen LogP contribution in [0.5, 0.6) is 0 Å². The van der Waals surface area contributed by atoms with Gasteiger partial charge in [-0.25, -0.2) is 18.6 Å². The van der Waals surface area contributed by atoms with Crippen molar-refractivity contribution >= 4 is 17.4 Å². The van der Waals surface area contributed by atoms with Gasteiger partial charge in [-0.3, -0.25) is 0 Å². The SMILES string of the molecule is O=C(O)N[C@@H]1c2scnc2[C@H](O)CC[C@H]1c1cccc(F)c1F. The normalized spacial score (nSPS) is 23.9. The van der Waals surface area contributed by atoms with Crippen molar-refractivity contribution in [1.29, 1.82) is 0 Å². The van der Waals surface area contributed by atoms with Crippen molar-refractivity contribution < 1.29 is 23.8 Å². The molecular weight excluding hydrogens is 326 g/mol. The van der Waals surface area contributed by atoms with Gasteiger partial charge in [0.25, 0.3) is 0 Å². The largest absolute Gasteiger partial charge is 0.465 e. The summed E-state index contributed by atoms with van der Waals surface area (Å²) in [6.45, 7) is 0. The lowest BCUT2D eigenvalue weighted by molar-refractivity contribution is 0.160. The standard InChI is InChI=1S/C15H14F2N2O3S/c16-9-3-1-2-7(11(9)17)8-4-5-10(20)13-14(23-6-18-13)12(8)19-15(21)22/h1-3,6,8,10,12,19-20H,4-5H2,(H,21,22)/t8-,10+,12-/m0/s1. The monoisotopic (exact) mass is 340 g/mol. The van der Waals surface area contributed by atoms with Gasteiger partial charge in [-0.2, -0.15) is 0 Å². The molecule has 0 spiro atoms. The Morgan fingerprint density at radius 2 is 2.13 bits per heavy atom. The van der Waals surface area contributed by atoms with Crippen LogP contribution >= 0.6 is 11.3 Å². The summed E-state index contributed by atoms with van der Waals surface area (Å²) in [6.07, 6.45) is -1.53. The van der Waals surface area contributed by atoms with Crippen LogP contribution in [0.1, 0.15) is 47.0 Å². The zero-order valence-corrected chi connectivity index (χ0v) is 12.7. The predicted molar refractivity (Wildman–Crippen MR) is 79.3 cm³/mol. The number of nitrogens with zero attached hydrogens (tertiary/aromatic N) is 1. The Labute approximate surface area is 134 Å². The fourth-order valence-electron chi connectivity index (χ4n) is 3.01. The second kappa shape index (κ2) is 6.21. The van der Waals surface area contributed by atoms with Crippen molar-refractivity contribution in [2.24, 2.45) is 0 Å². The van der Waals surface area contributed by atoms with E-state index in [2.05, 4.69) is 10.3 Å². The Morgan fingerprint density at radius 3 is 2.87 bits per heavy atom. The molecule has 0 saturated carbocycles. The first-order valence-electron chi connectivity index (χ1n) is 7.03. The third-order valence-electron chi connectivity index (χ3n) is 4.04. The molecule has 23 heavy (non-hydrogen) atoms. The zero-order valence-electron chi connectivity index (χ0n) is 11.9. The first-order chi connectivity index (χ1) is 11.0. The molecule has 1 aromatic carbocycles. The summed E-state index contributed by atoms with van der Waals surface area (Å²) in [6, 6.07) is 3.06. The molecule has 0 radical (unpaired) electrons. The number of benzene rings is 1. The van der Waals surface area contributed by atoms with Crippen LogP contribution in [-0.2, 0) is 0 Å². The average Bonchev–Trinajstić information content (AvgIpc) is 2.94. The van der Waals surface area contributed by atoms with E-state index in [1.807, 2.05) is 0 Å². The molecule has 2 aromatic rings. The zero-order chi connectivity index (χ0) is 16.6. The number of nitrogens with one attached hydrogen (secondary N) is 1. The van der Waals surface area contributed by atoms with E-state index in [4.69, 9.17) is 5.11 Å². The number of carbonyl (C=O) groups is 1. The Bertz CT molecular complexity index is 737.